The van der Waals surface area contributed by atoms with Gasteiger partial charge in [0.25, 0.3) is 5.91 Å². The molecule has 0 fully saturated rings. The molecule has 0 saturated carbocycles. The molecule has 0 radical (unpaired) electrons. The summed E-state index contributed by atoms with van der Waals surface area (Å²) >= 11 is 0. The van der Waals surface area contributed by atoms with Crippen molar-refractivity contribution < 1.29 is 27.8 Å². The minimum atomic E-state index is -4.76. The van der Waals surface area contributed by atoms with E-state index in [1.165, 1.54) is 35.2 Å². The van der Waals surface area contributed by atoms with Crippen molar-refractivity contribution in [1.82, 2.24) is 9.88 Å². The number of anilines is 1. The van der Waals surface area contributed by atoms with Gasteiger partial charge in [0.05, 0.1) is 5.56 Å². The highest BCUT2D eigenvalue weighted by Gasteiger charge is 2.32. The van der Waals surface area contributed by atoms with E-state index in [-0.39, 0.29) is 36.1 Å². The van der Waals surface area contributed by atoms with Gasteiger partial charge in [-0.1, -0.05) is 18.2 Å². The number of halogens is 3. The molecule has 0 spiro atoms. The van der Waals surface area contributed by atoms with Gasteiger partial charge in [0, 0.05) is 43.8 Å². The minimum absolute atomic E-state index is 0.118. The first kappa shape index (κ1) is 20.5. The molecule has 1 amide bonds. The maximum Gasteiger partial charge on any atom is 0.573 e. The number of nitrogens with one attached hydrogen (secondary N) is 1. The molecule has 4 rings (SSSR count). The fourth-order valence-electron chi connectivity index (χ4n) is 3.45. The number of benzene rings is 2. The van der Waals surface area contributed by atoms with E-state index in [2.05, 4.69) is 15.0 Å². The molecule has 9 heteroatoms. The second kappa shape index (κ2) is 8.17. The maximum atomic E-state index is 12.7. The summed E-state index contributed by atoms with van der Waals surface area (Å²) in [4.78, 5) is 18.3. The molecule has 3 aromatic rings. The third kappa shape index (κ3) is 4.88. The molecule has 6 nitrogen and oxygen atoms in total. The van der Waals surface area contributed by atoms with E-state index >= 15 is 0 Å². The van der Waals surface area contributed by atoms with Crippen LogP contribution < -0.4 is 10.1 Å². The normalized spacial score (nSPS) is 13.3. The van der Waals surface area contributed by atoms with Crippen molar-refractivity contribution in [2.45, 2.75) is 26.0 Å². The molecule has 1 aromatic heterocycles. The molecule has 2 aromatic carbocycles. The summed E-state index contributed by atoms with van der Waals surface area (Å²) in [5.74, 6) is -0.774. The number of pyridine rings is 1. The number of carbonyl (C=O) groups excluding carboxylic acids is 1. The number of hydrogen-bond donors (Lipinski definition) is 2. The van der Waals surface area contributed by atoms with E-state index in [9.17, 15) is 23.1 Å². The van der Waals surface area contributed by atoms with Gasteiger partial charge in [-0.15, -0.1) is 13.2 Å². The largest absolute Gasteiger partial charge is 0.573 e. The number of amides is 1. The van der Waals surface area contributed by atoms with Crippen LogP contribution in [0.15, 0.2) is 60.9 Å². The summed E-state index contributed by atoms with van der Waals surface area (Å²) < 4.78 is 40.7. The molecule has 1 aliphatic rings. The fourth-order valence-corrected chi connectivity index (χ4v) is 3.45. The van der Waals surface area contributed by atoms with Crippen LogP contribution in [0.2, 0.25) is 0 Å². The molecule has 2 N–H and O–H groups in total. The number of rotatable bonds is 6. The lowest BCUT2D eigenvalue weighted by Gasteiger charge is -2.16. The van der Waals surface area contributed by atoms with Crippen LogP contribution in [0, 0.1) is 0 Å². The lowest BCUT2D eigenvalue weighted by atomic mass is 10.1. The topological polar surface area (TPSA) is 74.7 Å². The van der Waals surface area contributed by atoms with Crippen molar-refractivity contribution in [2.75, 3.05) is 5.32 Å². The molecule has 2 heterocycles. The molecule has 0 bridgehead atoms. The van der Waals surface area contributed by atoms with Crippen molar-refractivity contribution in [3.63, 3.8) is 0 Å². The summed E-state index contributed by atoms with van der Waals surface area (Å²) in [5.41, 5.74) is 3.20. The number of ether oxygens (including phenoxy) is 1. The summed E-state index contributed by atoms with van der Waals surface area (Å²) in [7, 11) is 0. The Balaban J connectivity index is 1.44. The van der Waals surface area contributed by atoms with Crippen LogP contribution >= 0.6 is 0 Å². The molecular formula is C22H18F3N3O3. The number of phenolic OH excluding ortho intramolecular Hbond substituents is 1. The van der Waals surface area contributed by atoms with E-state index in [0.29, 0.717) is 23.4 Å². The Kier molecular flexibility index (Phi) is 5.41. The second-order valence-electron chi connectivity index (χ2n) is 7.10. The number of alkyl halides is 3. The van der Waals surface area contributed by atoms with Crippen molar-refractivity contribution >= 4 is 11.6 Å². The Hall–Kier alpha value is -3.75. The number of phenols is 1. The lowest BCUT2D eigenvalue weighted by Crippen LogP contribution is -2.23. The van der Waals surface area contributed by atoms with Gasteiger partial charge in [-0.2, -0.15) is 0 Å². The Morgan fingerprint density at radius 1 is 1.13 bits per heavy atom. The molecule has 0 atom stereocenters. The van der Waals surface area contributed by atoms with Gasteiger partial charge in [0.1, 0.15) is 11.5 Å². The first-order chi connectivity index (χ1) is 14.8. The summed E-state index contributed by atoms with van der Waals surface area (Å²) in [6.45, 7) is 0.985. The van der Waals surface area contributed by atoms with Crippen LogP contribution in [0.5, 0.6) is 11.5 Å². The predicted molar refractivity (Wildman–Crippen MR) is 106 cm³/mol. The number of hydrogen-bond acceptors (Lipinski definition) is 5. The number of aromatic nitrogens is 1. The highest BCUT2D eigenvalue weighted by atomic mass is 19.4. The van der Waals surface area contributed by atoms with Crippen LogP contribution in [0.3, 0.4) is 0 Å². The van der Waals surface area contributed by atoms with Gasteiger partial charge >= 0.3 is 6.36 Å². The van der Waals surface area contributed by atoms with Gasteiger partial charge < -0.3 is 20.1 Å². The lowest BCUT2D eigenvalue weighted by molar-refractivity contribution is -0.274. The average Bonchev–Trinajstić information content (AvgIpc) is 3.03. The van der Waals surface area contributed by atoms with Crippen molar-refractivity contribution in [1.29, 1.82) is 0 Å². The number of aromatic hydroxyl groups is 1. The van der Waals surface area contributed by atoms with Gasteiger partial charge in [-0.05, 0) is 41.0 Å². The molecule has 31 heavy (non-hydrogen) atoms. The number of fused-ring (bicyclic) bond motifs is 1. The molecule has 1 aliphatic heterocycles. The highest BCUT2D eigenvalue weighted by molar-refractivity contribution is 6.01. The van der Waals surface area contributed by atoms with E-state index < -0.39 is 6.36 Å². The summed E-state index contributed by atoms with van der Waals surface area (Å²) in [6, 6.07) is 12.4. The molecule has 0 unspecified atom stereocenters. The van der Waals surface area contributed by atoms with Crippen LogP contribution in [0.25, 0.3) is 0 Å². The quantitative estimate of drug-likeness (QED) is 0.606. The van der Waals surface area contributed by atoms with E-state index in [1.807, 2.05) is 18.2 Å². The monoisotopic (exact) mass is 429 g/mol. The van der Waals surface area contributed by atoms with E-state index in [1.54, 1.807) is 12.4 Å². The summed E-state index contributed by atoms with van der Waals surface area (Å²) in [6.07, 6.45) is -1.34. The Morgan fingerprint density at radius 2 is 1.90 bits per heavy atom. The molecule has 0 aliphatic carbocycles. The fraction of sp³-hybridized carbons (Fsp3) is 0.182. The van der Waals surface area contributed by atoms with Gasteiger partial charge in [-0.3, -0.25) is 9.78 Å². The van der Waals surface area contributed by atoms with E-state index in [0.717, 1.165) is 5.56 Å². The molecular weight excluding hydrogens is 411 g/mol. The third-order valence-corrected chi connectivity index (χ3v) is 4.81. The maximum absolute atomic E-state index is 12.7. The number of nitrogens with zero attached hydrogens (tertiary/aromatic N) is 2. The van der Waals surface area contributed by atoms with Crippen molar-refractivity contribution in [2.24, 2.45) is 0 Å². The summed E-state index contributed by atoms with van der Waals surface area (Å²) in [5, 5.41) is 13.6. The Labute approximate surface area is 175 Å². The predicted octanol–water partition coefficient (Wildman–Crippen LogP) is 4.45. The van der Waals surface area contributed by atoms with Crippen LogP contribution in [-0.4, -0.2) is 27.3 Å². The first-order valence-corrected chi connectivity index (χ1v) is 9.41. The first-order valence-electron chi connectivity index (χ1n) is 9.41. The van der Waals surface area contributed by atoms with Gasteiger partial charge in [-0.25, -0.2) is 0 Å². The van der Waals surface area contributed by atoms with Crippen LogP contribution in [0.1, 0.15) is 27.0 Å². The Bertz CT molecular complexity index is 1090. The van der Waals surface area contributed by atoms with Crippen LogP contribution in [0.4, 0.5) is 18.9 Å². The highest BCUT2D eigenvalue weighted by Crippen LogP contribution is 2.34. The van der Waals surface area contributed by atoms with Crippen LogP contribution in [-0.2, 0) is 19.6 Å². The Morgan fingerprint density at radius 3 is 2.58 bits per heavy atom. The smallest absolute Gasteiger partial charge is 0.507 e. The molecule has 0 saturated heterocycles. The standard InChI is InChI=1S/C22H18F3N3O3/c23-22(24,25)31-18-5-3-14(4-6-18)12-28-13-16-8-17(9-19(29)20(16)21(28)30)27-11-15-2-1-7-26-10-15/h1-10,27,29H,11-13H2. The zero-order valence-electron chi connectivity index (χ0n) is 16.2. The van der Waals surface area contributed by atoms with Crippen molar-refractivity contribution in [3.8, 4) is 11.5 Å². The second-order valence-corrected chi connectivity index (χ2v) is 7.10. The SMILES string of the molecule is O=C1c2c(O)cc(NCc3cccnc3)cc2CN1Cc1ccc(OC(F)(F)F)cc1. The average molecular weight is 429 g/mol. The zero-order valence-corrected chi connectivity index (χ0v) is 16.2. The van der Waals surface area contributed by atoms with E-state index in [4.69, 9.17) is 0 Å². The van der Waals surface area contributed by atoms with Gasteiger partial charge in [0.15, 0.2) is 0 Å². The van der Waals surface area contributed by atoms with Crippen molar-refractivity contribution in [3.05, 3.63) is 83.2 Å². The zero-order chi connectivity index (χ0) is 22.0. The third-order valence-electron chi connectivity index (χ3n) is 4.81. The van der Waals surface area contributed by atoms with Gasteiger partial charge in [0.2, 0.25) is 0 Å². The molecule has 160 valence electrons. The number of carbonyl (C=O) groups is 1. The minimum Gasteiger partial charge on any atom is -0.507 e.